The van der Waals surface area contributed by atoms with Crippen molar-refractivity contribution in [3.63, 3.8) is 0 Å². The minimum Gasteiger partial charge on any atom is -0.337 e. The third-order valence-electron chi connectivity index (χ3n) is 3.94. The standard InChI is InChI=1S/C16H18N4O3S/c21-16(15-12-17-8-9-18-15)20-10-6-13(7-11-20)19-24(22,23)14-4-2-1-3-5-14/h1-5,8-9,12-13,19H,6-7,10-11H2. The summed E-state index contributed by atoms with van der Waals surface area (Å²) in [5.74, 6) is -0.174. The number of amides is 1. The van der Waals surface area contributed by atoms with Gasteiger partial charge in [0.1, 0.15) is 5.69 Å². The molecule has 1 amide bonds. The summed E-state index contributed by atoms with van der Waals surface area (Å²) in [5.41, 5.74) is 0.306. The molecule has 2 aromatic rings. The Labute approximate surface area is 140 Å². The lowest BCUT2D eigenvalue weighted by Gasteiger charge is -2.32. The summed E-state index contributed by atoms with van der Waals surface area (Å²) in [6.07, 6.45) is 5.57. The van der Waals surface area contributed by atoms with Crippen molar-refractivity contribution in [2.45, 2.75) is 23.8 Å². The largest absolute Gasteiger partial charge is 0.337 e. The third-order valence-corrected chi connectivity index (χ3v) is 5.48. The highest BCUT2D eigenvalue weighted by Crippen LogP contribution is 2.16. The number of rotatable bonds is 4. The van der Waals surface area contributed by atoms with Crippen LogP contribution in [0, 0.1) is 0 Å². The number of aromatic nitrogens is 2. The Morgan fingerprint density at radius 2 is 1.83 bits per heavy atom. The number of hydrogen-bond donors (Lipinski definition) is 1. The van der Waals surface area contributed by atoms with Gasteiger partial charge in [0, 0.05) is 31.5 Å². The van der Waals surface area contributed by atoms with Crippen LogP contribution in [-0.2, 0) is 10.0 Å². The van der Waals surface area contributed by atoms with Crippen LogP contribution in [0.15, 0.2) is 53.8 Å². The van der Waals surface area contributed by atoms with Crippen molar-refractivity contribution in [1.29, 1.82) is 0 Å². The molecule has 8 heteroatoms. The Bertz CT molecular complexity index is 789. The van der Waals surface area contributed by atoms with Crippen molar-refractivity contribution < 1.29 is 13.2 Å². The average Bonchev–Trinajstić information content (AvgIpc) is 2.63. The van der Waals surface area contributed by atoms with E-state index in [0.717, 1.165) is 0 Å². The van der Waals surface area contributed by atoms with Gasteiger partial charge in [0.2, 0.25) is 10.0 Å². The zero-order valence-corrected chi connectivity index (χ0v) is 13.8. The van der Waals surface area contributed by atoms with Crippen LogP contribution in [0.1, 0.15) is 23.3 Å². The van der Waals surface area contributed by atoms with E-state index in [1.165, 1.54) is 18.6 Å². The summed E-state index contributed by atoms with van der Waals surface area (Å²) in [6, 6.07) is 8.11. The minimum absolute atomic E-state index is 0.174. The van der Waals surface area contributed by atoms with Crippen LogP contribution < -0.4 is 4.72 Å². The molecular weight excluding hydrogens is 328 g/mol. The minimum atomic E-state index is -3.53. The van der Waals surface area contributed by atoms with Crippen molar-refractivity contribution in [1.82, 2.24) is 19.6 Å². The first-order valence-electron chi connectivity index (χ1n) is 7.69. The SMILES string of the molecule is O=C(c1cnccn1)N1CCC(NS(=O)(=O)c2ccccc2)CC1. The third kappa shape index (κ3) is 3.77. The molecule has 1 fully saturated rings. The number of carbonyl (C=O) groups is 1. The maximum Gasteiger partial charge on any atom is 0.274 e. The number of nitrogens with one attached hydrogen (secondary N) is 1. The van der Waals surface area contributed by atoms with Gasteiger partial charge in [-0.2, -0.15) is 0 Å². The fraction of sp³-hybridized carbons (Fsp3) is 0.312. The molecule has 7 nitrogen and oxygen atoms in total. The second-order valence-electron chi connectivity index (χ2n) is 5.59. The van der Waals surface area contributed by atoms with E-state index in [0.29, 0.717) is 31.6 Å². The molecular formula is C16H18N4O3S. The number of benzene rings is 1. The van der Waals surface area contributed by atoms with Gasteiger partial charge in [-0.3, -0.25) is 9.78 Å². The fourth-order valence-corrected chi connectivity index (χ4v) is 3.99. The molecule has 0 radical (unpaired) electrons. The molecule has 1 aliphatic heterocycles. The van der Waals surface area contributed by atoms with Crippen molar-refractivity contribution in [3.05, 3.63) is 54.6 Å². The summed E-state index contributed by atoms with van der Waals surface area (Å²) in [6.45, 7) is 0.967. The van der Waals surface area contributed by atoms with E-state index in [1.54, 1.807) is 35.2 Å². The van der Waals surface area contributed by atoms with Crippen LogP contribution in [0.4, 0.5) is 0 Å². The summed E-state index contributed by atoms with van der Waals surface area (Å²) < 4.78 is 27.4. The number of nitrogens with zero attached hydrogens (tertiary/aromatic N) is 3. The van der Waals surface area contributed by atoms with Crippen LogP contribution in [0.5, 0.6) is 0 Å². The molecule has 1 N–H and O–H groups in total. The van der Waals surface area contributed by atoms with Crippen molar-refractivity contribution in [2.24, 2.45) is 0 Å². The molecule has 2 heterocycles. The number of carbonyl (C=O) groups excluding carboxylic acids is 1. The van der Waals surface area contributed by atoms with Crippen LogP contribution in [0.2, 0.25) is 0 Å². The lowest BCUT2D eigenvalue weighted by molar-refractivity contribution is 0.0705. The molecule has 0 saturated carbocycles. The monoisotopic (exact) mass is 346 g/mol. The second kappa shape index (κ2) is 7.06. The zero-order valence-electron chi connectivity index (χ0n) is 13.0. The molecule has 0 unspecified atom stereocenters. The lowest BCUT2D eigenvalue weighted by atomic mass is 10.1. The number of likely N-dealkylation sites (tertiary alicyclic amines) is 1. The molecule has 1 aromatic carbocycles. The van der Waals surface area contributed by atoms with Gasteiger partial charge in [-0.25, -0.2) is 18.1 Å². The van der Waals surface area contributed by atoms with Crippen molar-refractivity contribution in [3.8, 4) is 0 Å². The molecule has 126 valence electrons. The van der Waals surface area contributed by atoms with E-state index in [2.05, 4.69) is 14.7 Å². The Kier molecular flexibility index (Phi) is 4.86. The highest BCUT2D eigenvalue weighted by Gasteiger charge is 2.27. The first-order chi connectivity index (χ1) is 11.6. The molecule has 3 rings (SSSR count). The molecule has 0 spiro atoms. The van der Waals surface area contributed by atoms with E-state index in [1.807, 2.05) is 0 Å². The quantitative estimate of drug-likeness (QED) is 0.894. The van der Waals surface area contributed by atoms with E-state index >= 15 is 0 Å². The highest BCUT2D eigenvalue weighted by molar-refractivity contribution is 7.89. The Hall–Kier alpha value is -2.32. The summed E-state index contributed by atoms with van der Waals surface area (Å²) in [4.78, 5) is 22.1. The lowest BCUT2D eigenvalue weighted by Crippen LogP contribution is -2.46. The first-order valence-corrected chi connectivity index (χ1v) is 9.17. The average molecular weight is 346 g/mol. The van der Waals surface area contributed by atoms with E-state index < -0.39 is 10.0 Å². The maximum absolute atomic E-state index is 12.3. The summed E-state index contributed by atoms with van der Waals surface area (Å²) in [5, 5.41) is 0. The van der Waals surface area contributed by atoms with Gasteiger partial charge < -0.3 is 4.90 Å². The summed E-state index contributed by atoms with van der Waals surface area (Å²) >= 11 is 0. The zero-order chi connectivity index (χ0) is 17.0. The van der Waals surface area contributed by atoms with Gasteiger partial charge in [-0.15, -0.1) is 0 Å². The van der Waals surface area contributed by atoms with Gasteiger partial charge in [-0.05, 0) is 25.0 Å². The molecule has 0 aliphatic carbocycles. The highest BCUT2D eigenvalue weighted by atomic mass is 32.2. The van der Waals surface area contributed by atoms with Crippen LogP contribution in [0.3, 0.4) is 0 Å². The van der Waals surface area contributed by atoms with Crippen molar-refractivity contribution >= 4 is 15.9 Å². The normalized spacial score (nSPS) is 16.1. The van der Waals surface area contributed by atoms with Gasteiger partial charge >= 0.3 is 0 Å². The van der Waals surface area contributed by atoms with Gasteiger partial charge in [0.05, 0.1) is 11.1 Å². The fourth-order valence-electron chi connectivity index (χ4n) is 2.66. The van der Waals surface area contributed by atoms with Gasteiger partial charge in [0.25, 0.3) is 5.91 Å². The number of piperidine rings is 1. The molecule has 0 atom stereocenters. The Morgan fingerprint density at radius 3 is 2.46 bits per heavy atom. The predicted molar refractivity (Wildman–Crippen MR) is 87.7 cm³/mol. The summed E-state index contributed by atoms with van der Waals surface area (Å²) in [7, 11) is -3.53. The first kappa shape index (κ1) is 16.5. The molecule has 24 heavy (non-hydrogen) atoms. The molecule has 1 aromatic heterocycles. The van der Waals surface area contributed by atoms with Crippen LogP contribution >= 0.6 is 0 Å². The smallest absolute Gasteiger partial charge is 0.274 e. The van der Waals surface area contributed by atoms with Gasteiger partial charge in [-0.1, -0.05) is 18.2 Å². The molecule has 1 saturated heterocycles. The van der Waals surface area contributed by atoms with E-state index in [-0.39, 0.29) is 16.8 Å². The van der Waals surface area contributed by atoms with E-state index in [4.69, 9.17) is 0 Å². The number of sulfonamides is 1. The van der Waals surface area contributed by atoms with Gasteiger partial charge in [0.15, 0.2) is 0 Å². The van der Waals surface area contributed by atoms with Crippen molar-refractivity contribution in [2.75, 3.05) is 13.1 Å². The maximum atomic E-state index is 12.3. The molecule has 0 bridgehead atoms. The number of hydrogen-bond acceptors (Lipinski definition) is 5. The topological polar surface area (TPSA) is 92.3 Å². The van der Waals surface area contributed by atoms with Crippen LogP contribution in [-0.4, -0.2) is 48.3 Å². The van der Waals surface area contributed by atoms with Crippen LogP contribution in [0.25, 0.3) is 0 Å². The Balaban J connectivity index is 1.59. The van der Waals surface area contributed by atoms with E-state index in [9.17, 15) is 13.2 Å². The predicted octanol–water partition coefficient (Wildman–Crippen LogP) is 1.06. The molecule has 1 aliphatic rings. The second-order valence-corrected chi connectivity index (χ2v) is 7.31. The Morgan fingerprint density at radius 1 is 1.12 bits per heavy atom.